The van der Waals surface area contributed by atoms with Gasteiger partial charge in [0.05, 0.1) is 5.69 Å². The van der Waals surface area contributed by atoms with E-state index in [1.54, 1.807) is 18.2 Å². The highest BCUT2D eigenvalue weighted by Crippen LogP contribution is 2.22. The Labute approximate surface area is 75.0 Å². The average molecular weight is 188 g/mol. The lowest BCUT2D eigenvalue weighted by molar-refractivity contribution is -0.105. The Morgan fingerprint density at radius 3 is 2.91 bits per heavy atom. The van der Waals surface area contributed by atoms with Gasteiger partial charge in [0.15, 0.2) is 0 Å². The third-order valence-corrected chi connectivity index (χ3v) is 1.80. The normalized spacial score (nSPS) is 9.27. The van der Waals surface area contributed by atoms with Crippen LogP contribution in [0, 0.1) is 0 Å². The van der Waals surface area contributed by atoms with Crippen molar-refractivity contribution in [2.45, 2.75) is 4.90 Å². The summed E-state index contributed by atoms with van der Waals surface area (Å²) in [6, 6.07) is 5.06. The van der Waals surface area contributed by atoms with Crippen LogP contribution in [-0.4, -0.2) is 6.41 Å². The molecule has 11 heavy (non-hydrogen) atoms. The first-order chi connectivity index (χ1) is 5.24. The Bertz CT molecular complexity index is 277. The van der Waals surface area contributed by atoms with Crippen LogP contribution in [0.5, 0.6) is 0 Å². The lowest BCUT2D eigenvalue weighted by atomic mass is 10.3. The quantitative estimate of drug-likeness (QED) is 0.540. The number of carbonyl (C=O) groups is 1. The summed E-state index contributed by atoms with van der Waals surface area (Å²) in [6.07, 6.45) is 0.589. The minimum atomic E-state index is 0.576. The van der Waals surface area contributed by atoms with Gasteiger partial charge in [-0.25, -0.2) is 0 Å². The number of rotatable bonds is 2. The van der Waals surface area contributed by atoms with Crippen LogP contribution in [0.2, 0.25) is 5.02 Å². The van der Waals surface area contributed by atoms with Crippen molar-refractivity contribution in [1.82, 2.24) is 0 Å². The van der Waals surface area contributed by atoms with Crippen LogP contribution in [-0.2, 0) is 4.79 Å². The monoisotopic (exact) mass is 187 g/mol. The number of hydrogen-bond donors (Lipinski definition) is 2. The van der Waals surface area contributed by atoms with Gasteiger partial charge in [0.1, 0.15) is 0 Å². The predicted molar refractivity (Wildman–Crippen MR) is 48.4 cm³/mol. The molecule has 4 heteroatoms. The standard InChI is InChI=1S/C7H6ClNOS/c8-5-1-2-7(11)6(3-5)9-4-10/h1-4,11H,(H,9,10). The average Bonchev–Trinajstić information content (AvgIpc) is 1.98. The van der Waals surface area contributed by atoms with E-state index in [0.29, 0.717) is 22.0 Å². The number of benzene rings is 1. The van der Waals surface area contributed by atoms with Crippen molar-refractivity contribution in [3.05, 3.63) is 23.2 Å². The number of nitrogens with one attached hydrogen (secondary N) is 1. The minimum absolute atomic E-state index is 0.576. The number of amides is 1. The summed E-state index contributed by atoms with van der Waals surface area (Å²) in [6.45, 7) is 0. The second kappa shape index (κ2) is 3.64. The van der Waals surface area contributed by atoms with Gasteiger partial charge in [-0.05, 0) is 18.2 Å². The third kappa shape index (κ3) is 2.13. The molecule has 0 atom stereocenters. The Balaban J connectivity index is 3.01. The number of carbonyl (C=O) groups excluding carboxylic acids is 1. The first-order valence-corrected chi connectivity index (χ1v) is 3.75. The third-order valence-electron chi connectivity index (χ3n) is 1.17. The maximum atomic E-state index is 10.0. The number of halogens is 1. The van der Waals surface area contributed by atoms with Gasteiger partial charge in [-0.1, -0.05) is 11.6 Å². The first-order valence-electron chi connectivity index (χ1n) is 2.93. The molecule has 0 spiro atoms. The lowest BCUT2D eigenvalue weighted by Gasteiger charge is -2.01. The van der Waals surface area contributed by atoms with E-state index in [1.807, 2.05) is 0 Å². The molecule has 0 aromatic heterocycles. The number of hydrogen-bond acceptors (Lipinski definition) is 2. The van der Waals surface area contributed by atoms with Gasteiger partial charge in [-0.15, -0.1) is 12.6 Å². The van der Waals surface area contributed by atoms with E-state index < -0.39 is 0 Å². The van der Waals surface area contributed by atoms with Crippen LogP contribution in [0.25, 0.3) is 0 Å². The minimum Gasteiger partial charge on any atom is -0.328 e. The topological polar surface area (TPSA) is 29.1 Å². The number of thiol groups is 1. The molecule has 0 fully saturated rings. The summed E-state index contributed by atoms with van der Waals surface area (Å²) >= 11 is 9.76. The van der Waals surface area contributed by atoms with Crippen molar-refractivity contribution >= 4 is 36.3 Å². The molecule has 0 radical (unpaired) electrons. The van der Waals surface area contributed by atoms with Gasteiger partial charge in [-0.3, -0.25) is 4.79 Å². The second-order valence-corrected chi connectivity index (χ2v) is 2.84. The highest BCUT2D eigenvalue weighted by Gasteiger charge is 1.97. The molecule has 0 bridgehead atoms. The van der Waals surface area contributed by atoms with Crippen molar-refractivity contribution < 1.29 is 4.79 Å². The highest BCUT2D eigenvalue weighted by molar-refractivity contribution is 7.80. The zero-order chi connectivity index (χ0) is 8.27. The molecular weight excluding hydrogens is 182 g/mol. The SMILES string of the molecule is O=CNc1cc(Cl)ccc1S. The van der Waals surface area contributed by atoms with Crippen LogP contribution >= 0.6 is 24.2 Å². The van der Waals surface area contributed by atoms with Crippen molar-refractivity contribution in [3.8, 4) is 0 Å². The van der Waals surface area contributed by atoms with E-state index >= 15 is 0 Å². The summed E-state index contributed by atoms with van der Waals surface area (Å²) < 4.78 is 0. The van der Waals surface area contributed by atoms with Crippen molar-refractivity contribution in [1.29, 1.82) is 0 Å². The Hall–Kier alpha value is -0.670. The summed E-state index contributed by atoms with van der Waals surface area (Å²) in [4.78, 5) is 10.7. The van der Waals surface area contributed by atoms with Crippen LogP contribution in [0.4, 0.5) is 5.69 Å². The van der Waals surface area contributed by atoms with Crippen LogP contribution < -0.4 is 5.32 Å². The molecule has 0 unspecified atom stereocenters. The summed E-state index contributed by atoms with van der Waals surface area (Å²) in [5.74, 6) is 0. The fourth-order valence-corrected chi connectivity index (χ4v) is 1.06. The summed E-state index contributed by atoms with van der Waals surface area (Å²) in [5, 5.41) is 3.05. The zero-order valence-electron chi connectivity index (χ0n) is 5.54. The molecule has 0 saturated heterocycles. The number of anilines is 1. The summed E-state index contributed by atoms with van der Waals surface area (Å²) in [5.41, 5.74) is 0.621. The van der Waals surface area contributed by atoms with E-state index in [9.17, 15) is 4.79 Å². The molecule has 1 aromatic rings. The largest absolute Gasteiger partial charge is 0.328 e. The predicted octanol–water partition coefficient (Wildman–Crippen LogP) is 2.20. The van der Waals surface area contributed by atoms with E-state index in [0.717, 1.165) is 0 Å². The molecule has 0 aliphatic carbocycles. The fourth-order valence-electron chi connectivity index (χ4n) is 0.687. The van der Waals surface area contributed by atoms with Crippen molar-refractivity contribution in [2.75, 3.05) is 5.32 Å². The lowest BCUT2D eigenvalue weighted by Crippen LogP contribution is -1.94. The summed E-state index contributed by atoms with van der Waals surface area (Å²) in [7, 11) is 0. The molecule has 0 heterocycles. The molecule has 58 valence electrons. The zero-order valence-corrected chi connectivity index (χ0v) is 7.19. The molecule has 1 amide bonds. The maximum Gasteiger partial charge on any atom is 0.211 e. The van der Waals surface area contributed by atoms with Crippen LogP contribution in [0.3, 0.4) is 0 Å². The van der Waals surface area contributed by atoms with E-state index in [1.165, 1.54) is 0 Å². The van der Waals surface area contributed by atoms with Gasteiger partial charge in [0.2, 0.25) is 6.41 Å². The molecular formula is C7H6ClNOS. The molecule has 1 aromatic carbocycles. The maximum absolute atomic E-state index is 10.0. The van der Waals surface area contributed by atoms with Crippen molar-refractivity contribution in [3.63, 3.8) is 0 Å². The van der Waals surface area contributed by atoms with Crippen molar-refractivity contribution in [2.24, 2.45) is 0 Å². The molecule has 0 aliphatic rings. The highest BCUT2D eigenvalue weighted by atomic mass is 35.5. The Morgan fingerprint density at radius 2 is 2.27 bits per heavy atom. The van der Waals surface area contributed by atoms with Gasteiger partial charge < -0.3 is 5.32 Å². The molecule has 2 nitrogen and oxygen atoms in total. The second-order valence-electron chi connectivity index (χ2n) is 1.92. The van der Waals surface area contributed by atoms with Gasteiger partial charge in [0, 0.05) is 9.92 Å². The van der Waals surface area contributed by atoms with E-state index in [4.69, 9.17) is 11.6 Å². The van der Waals surface area contributed by atoms with Gasteiger partial charge in [0.25, 0.3) is 0 Å². The van der Waals surface area contributed by atoms with Crippen LogP contribution in [0.15, 0.2) is 23.1 Å². The van der Waals surface area contributed by atoms with Crippen LogP contribution in [0.1, 0.15) is 0 Å². The Morgan fingerprint density at radius 1 is 1.55 bits per heavy atom. The smallest absolute Gasteiger partial charge is 0.211 e. The Kier molecular flexibility index (Phi) is 2.79. The first kappa shape index (κ1) is 8.43. The molecule has 0 aliphatic heterocycles. The molecule has 1 rings (SSSR count). The molecule has 0 saturated carbocycles. The van der Waals surface area contributed by atoms with Gasteiger partial charge >= 0.3 is 0 Å². The van der Waals surface area contributed by atoms with Gasteiger partial charge in [-0.2, -0.15) is 0 Å². The van der Waals surface area contributed by atoms with E-state index in [-0.39, 0.29) is 0 Å². The van der Waals surface area contributed by atoms with E-state index in [2.05, 4.69) is 17.9 Å². The fraction of sp³-hybridized carbons (Fsp3) is 0. The molecule has 1 N–H and O–H groups in total.